The number of carbonyl (C=O) groups is 4. The molecule has 1 aromatic heterocycles. The minimum atomic E-state index is -3.98. The number of nitrogens with one attached hydrogen (secondary N) is 3. The van der Waals surface area contributed by atoms with Crippen LogP contribution in [0, 0.1) is 29.1 Å². The molecule has 3 heterocycles. The van der Waals surface area contributed by atoms with Gasteiger partial charge in [-0.15, -0.1) is 6.58 Å². The van der Waals surface area contributed by atoms with Gasteiger partial charge in [0.1, 0.15) is 35.7 Å². The van der Waals surface area contributed by atoms with Crippen molar-refractivity contribution in [2.24, 2.45) is 17.3 Å². The lowest BCUT2D eigenvalue weighted by atomic mass is 9.76. The van der Waals surface area contributed by atoms with Gasteiger partial charge >= 0.3 is 6.09 Å². The fourth-order valence-corrected chi connectivity index (χ4v) is 8.81. The highest BCUT2D eigenvalue weighted by molar-refractivity contribution is 7.91. The molecule has 3 aliphatic carbocycles. The molecule has 7 atom stereocenters. The molecule has 2 bridgehead atoms. The van der Waals surface area contributed by atoms with E-state index in [1.807, 2.05) is 12.1 Å². The largest absolute Gasteiger partial charge is 0.497 e. The predicted molar refractivity (Wildman–Crippen MR) is 200 cm³/mol. The standard InChI is InChI=1S/C39H48N6O9S/c1-6-23-16-17-39(23,36(48)44-55(50,51)26-13-14-26)43-33(46)30-20-25-21-45(30)35(47)32(38(2,3)4)42-37(49)54-31-18-22(31)10-8-7-9-11-28-34(53-25)41-29-19-24(52-5)12-15-27(29)40-28/h6,12,15,19,22-23,25-26,30-32H,1,7-11,13-14,18,20-21H2,2-5H3,(H,42,49)(H,43,46)(H,44,48)/t22-,23-,25-,30+,31-,32-,39-/m1/s1. The number of aryl methyl sites for hydroxylation is 1. The van der Waals surface area contributed by atoms with Crippen LogP contribution in [0.4, 0.5) is 4.79 Å². The number of fused-ring (bicyclic) bond motifs is 5. The van der Waals surface area contributed by atoms with E-state index in [-0.39, 0.29) is 30.9 Å². The van der Waals surface area contributed by atoms with Crippen LogP contribution in [0.5, 0.6) is 11.6 Å². The highest BCUT2D eigenvalue weighted by Crippen LogP contribution is 2.39. The number of hydrogen-bond donors (Lipinski definition) is 3. The van der Waals surface area contributed by atoms with Gasteiger partial charge in [0.05, 0.1) is 35.9 Å². The zero-order valence-electron chi connectivity index (χ0n) is 31.6. The topological polar surface area (TPSA) is 195 Å². The van der Waals surface area contributed by atoms with Crippen molar-refractivity contribution >= 4 is 44.9 Å². The number of hydrogen-bond acceptors (Lipinski definition) is 11. The molecule has 4 amide bonds. The lowest BCUT2D eigenvalue weighted by molar-refractivity contribution is -0.143. The van der Waals surface area contributed by atoms with Crippen LogP contribution in [0.2, 0.25) is 0 Å². The number of alkyl carbamates (subject to hydrolysis) is 1. The van der Waals surface area contributed by atoms with Gasteiger partial charge in [0.25, 0.3) is 5.91 Å². The number of sulfonamides is 1. The Morgan fingerprint density at radius 2 is 1.87 bits per heavy atom. The number of carbonyl (C=O) groups excluding carboxylic acids is 4. The molecule has 1 aromatic carbocycles. The highest BCUT2D eigenvalue weighted by Gasteiger charge is 2.54. The molecule has 5 aliphatic rings. The monoisotopic (exact) mass is 776 g/mol. The van der Waals surface area contributed by atoms with Crippen LogP contribution in [0.25, 0.3) is 11.0 Å². The van der Waals surface area contributed by atoms with E-state index in [9.17, 15) is 27.6 Å². The summed E-state index contributed by atoms with van der Waals surface area (Å²) in [7, 11) is -2.42. The SMILES string of the molecule is C=C[C@@H]1C#C[C@]1(NC(=O)[C@@H]1C[C@@H]2CN1C(=O)[C@H](C(C)(C)C)NC(=O)O[C@@H]1C[C@H]1CCCCCc1nc3ccc(OC)cc3nc1O2)C(=O)NS(=O)(=O)C1CC1. The molecule has 2 aliphatic heterocycles. The average Bonchev–Trinajstić information content (AvgIpc) is 4.05. The van der Waals surface area contributed by atoms with Crippen molar-refractivity contribution in [1.82, 2.24) is 30.2 Å². The number of rotatable bonds is 7. The Balaban J connectivity index is 1.23. The van der Waals surface area contributed by atoms with Crippen molar-refractivity contribution in [3.63, 3.8) is 0 Å². The predicted octanol–water partition coefficient (Wildman–Crippen LogP) is 2.92. The third-order valence-electron chi connectivity index (χ3n) is 11.0. The van der Waals surface area contributed by atoms with Crippen LogP contribution in [-0.4, -0.2) is 95.8 Å². The summed E-state index contributed by atoms with van der Waals surface area (Å²) < 4.78 is 45.4. The van der Waals surface area contributed by atoms with Gasteiger partial charge in [-0.25, -0.2) is 27.9 Å². The van der Waals surface area contributed by atoms with Crippen LogP contribution in [0.15, 0.2) is 30.9 Å². The maximum atomic E-state index is 14.6. The molecule has 2 saturated carbocycles. The summed E-state index contributed by atoms with van der Waals surface area (Å²) in [5, 5.41) is 4.79. The van der Waals surface area contributed by atoms with Gasteiger partial charge < -0.3 is 29.7 Å². The quantitative estimate of drug-likeness (QED) is 0.277. The molecule has 294 valence electrons. The van der Waals surface area contributed by atoms with Gasteiger partial charge in [0.15, 0.2) is 5.54 Å². The summed E-state index contributed by atoms with van der Waals surface area (Å²) in [5.41, 5.74) is -0.907. The molecule has 7 rings (SSSR count). The Morgan fingerprint density at radius 1 is 1.09 bits per heavy atom. The van der Waals surface area contributed by atoms with E-state index in [4.69, 9.17) is 24.2 Å². The first-order chi connectivity index (χ1) is 26.1. The lowest BCUT2D eigenvalue weighted by Crippen LogP contribution is -2.68. The molecular weight excluding hydrogens is 729 g/mol. The van der Waals surface area contributed by atoms with E-state index < -0.39 is 74.1 Å². The van der Waals surface area contributed by atoms with Crippen LogP contribution in [-0.2, 0) is 35.6 Å². The van der Waals surface area contributed by atoms with E-state index in [1.54, 1.807) is 33.9 Å². The van der Waals surface area contributed by atoms with Crippen LogP contribution < -0.4 is 24.8 Å². The molecule has 15 nitrogen and oxygen atoms in total. The fraction of sp³-hybridized carbons (Fsp3) is 0.590. The minimum absolute atomic E-state index is 0.0236. The first-order valence-electron chi connectivity index (χ1n) is 18.9. The normalized spacial score (nSPS) is 29.6. The second-order valence-corrected chi connectivity index (χ2v) is 18.2. The van der Waals surface area contributed by atoms with Gasteiger partial charge in [-0.05, 0) is 62.0 Å². The van der Waals surface area contributed by atoms with Crippen molar-refractivity contribution in [3.8, 4) is 23.5 Å². The molecule has 55 heavy (non-hydrogen) atoms. The molecule has 0 radical (unpaired) electrons. The van der Waals surface area contributed by atoms with Gasteiger partial charge in [-0.2, -0.15) is 0 Å². The smallest absolute Gasteiger partial charge is 0.408 e. The number of aromatic nitrogens is 2. The summed E-state index contributed by atoms with van der Waals surface area (Å²) in [4.78, 5) is 67.0. The van der Waals surface area contributed by atoms with Gasteiger partial charge in [0, 0.05) is 12.5 Å². The maximum Gasteiger partial charge on any atom is 0.408 e. The first-order valence-corrected chi connectivity index (χ1v) is 20.5. The summed E-state index contributed by atoms with van der Waals surface area (Å²) >= 11 is 0. The van der Waals surface area contributed by atoms with Crippen molar-refractivity contribution in [2.45, 2.75) is 114 Å². The van der Waals surface area contributed by atoms with Crippen molar-refractivity contribution in [3.05, 3.63) is 36.5 Å². The molecule has 3 fully saturated rings. The maximum absolute atomic E-state index is 14.6. The zero-order chi connectivity index (χ0) is 39.3. The summed E-state index contributed by atoms with van der Waals surface area (Å²) in [6.07, 6.45) is 5.38. The molecule has 16 heteroatoms. The third kappa shape index (κ3) is 7.94. The second-order valence-electron chi connectivity index (χ2n) is 16.2. The van der Waals surface area contributed by atoms with Crippen molar-refractivity contribution in [2.75, 3.05) is 13.7 Å². The molecular formula is C39H48N6O9S. The lowest BCUT2D eigenvalue weighted by Gasteiger charge is -2.39. The van der Waals surface area contributed by atoms with Gasteiger partial charge in [0.2, 0.25) is 27.7 Å². The fourth-order valence-electron chi connectivity index (χ4n) is 7.47. The Kier molecular flexibility index (Phi) is 10.2. The van der Waals surface area contributed by atoms with E-state index in [2.05, 4.69) is 33.8 Å². The average molecular weight is 777 g/mol. The molecule has 2 aromatic rings. The number of amides is 4. The highest BCUT2D eigenvalue weighted by atomic mass is 32.2. The van der Waals surface area contributed by atoms with Crippen molar-refractivity contribution < 1.29 is 41.8 Å². The van der Waals surface area contributed by atoms with E-state index >= 15 is 0 Å². The van der Waals surface area contributed by atoms with E-state index in [0.717, 1.165) is 32.1 Å². The van der Waals surface area contributed by atoms with Crippen molar-refractivity contribution in [1.29, 1.82) is 0 Å². The Bertz CT molecular complexity index is 2090. The number of benzene rings is 1. The Labute approximate surface area is 320 Å². The zero-order valence-corrected chi connectivity index (χ0v) is 32.4. The van der Waals surface area contributed by atoms with Gasteiger partial charge in [-0.3, -0.25) is 14.4 Å². The van der Waals surface area contributed by atoms with Crippen LogP contribution >= 0.6 is 0 Å². The van der Waals surface area contributed by atoms with Gasteiger partial charge in [-0.1, -0.05) is 51.5 Å². The first kappa shape index (κ1) is 38.4. The second kappa shape index (κ2) is 14.6. The molecule has 1 saturated heterocycles. The summed E-state index contributed by atoms with van der Waals surface area (Å²) in [5.74, 6) is 3.35. The summed E-state index contributed by atoms with van der Waals surface area (Å²) in [6.45, 7) is 9.06. The van der Waals surface area contributed by atoms with Crippen LogP contribution in [0.1, 0.15) is 77.8 Å². The Morgan fingerprint density at radius 3 is 2.55 bits per heavy atom. The third-order valence-corrected chi connectivity index (χ3v) is 12.8. The summed E-state index contributed by atoms with van der Waals surface area (Å²) in [6, 6.07) is 3.07. The molecule has 0 unspecified atom stereocenters. The molecule has 3 N–H and O–H groups in total. The minimum Gasteiger partial charge on any atom is -0.497 e. The van der Waals surface area contributed by atoms with Crippen LogP contribution in [0.3, 0.4) is 0 Å². The van der Waals surface area contributed by atoms with E-state index in [0.29, 0.717) is 41.7 Å². The number of ether oxygens (including phenoxy) is 3. The number of nitrogens with zero attached hydrogens (tertiary/aromatic N) is 3. The number of methoxy groups -OCH3 is 1. The molecule has 0 spiro atoms. The van der Waals surface area contributed by atoms with E-state index in [1.165, 1.54) is 11.0 Å². The Hall–Kier alpha value is -4.91.